The van der Waals surface area contributed by atoms with E-state index in [1.807, 2.05) is 41.0 Å². The first-order valence-electron chi connectivity index (χ1n) is 10.7. The Morgan fingerprint density at radius 3 is 2.88 bits per heavy atom. The Balaban J connectivity index is 1.53. The van der Waals surface area contributed by atoms with E-state index in [1.165, 1.54) is 23.1 Å². The number of para-hydroxylation sites is 2. The Morgan fingerprint density at radius 2 is 2.09 bits per heavy atom. The van der Waals surface area contributed by atoms with E-state index in [0.717, 1.165) is 30.0 Å². The van der Waals surface area contributed by atoms with Gasteiger partial charge in [-0.25, -0.2) is 4.98 Å². The fraction of sp³-hybridized carbons (Fsp3) is 0.304. The molecule has 0 aliphatic rings. The molecule has 0 aliphatic carbocycles. The van der Waals surface area contributed by atoms with Crippen LogP contribution in [0.5, 0.6) is 5.75 Å². The first-order chi connectivity index (χ1) is 16.2. The number of nitrogens with zero attached hydrogens (tertiary/aromatic N) is 4. The molecule has 0 unspecified atom stereocenters. The molecule has 3 heterocycles. The normalized spacial score (nSPS) is 11.0. The Morgan fingerprint density at radius 1 is 1.21 bits per heavy atom. The van der Waals surface area contributed by atoms with Crippen molar-refractivity contribution in [2.24, 2.45) is 0 Å². The van der Waals surface area contributed by atoms with Crippen LogP contribution in [0.3, 0.4) is 0 Å². The Kier molecular flexibility index (Phi) is 7.79. The van der Waals surface area contributed by atoms with Gasteiger partial charge in [0.15, 0.2) is 10.9 Å². The van der Waals surface area contributed by atoms with Crippen LogP contribution in [0.2, 0.25) is 0 Å². The van der Waals surface area contributed by atoms with Crippen LogP contribution in [0.25, 0.3) is 17.3 Å². The minimum absolute atomic E-state index is 0.129. The fourth-order valence-corrected chi connectivity index (χ4v) is 4.97. The molecule has 1 N–H and O–H groups in total. The van der Waals surface area contributed by atoms with Crippen molar-refractivity contribution < 1.29 is 13.9 Å². The number of thioether (sulfide) groups is 1. The number of amides is 1. The van der Waals surface area contributed by atoms with Gasteiger partial charge in [-0.05, 0) is 30.7 Å². The van der Waals surface area contributed by atoms with E-state index in [2.05, 4.69) is 27.4 Å². The smallest absolute Gasteiger partial charge is 0.270 e. The first kappa shape index (κ1) is 23.1. The standard InChI is InChI=1S/C23H25N5O3S2/c1-3-4-7-12-24-22(29)16-14-32-20(25-16)15-33-23-27-26-21(19-11-8-13-31-19)28(23)17-9-5-6-10-18(17)30-2/h5-6,8-11,13-14H,3-4,7,12,15H2,1-2H3,(H,24,29). The Labute approximate surface area is 200 Å². The number of methoxy groups -OCH3 is 1. The summed E-state index contributed by atoms with van der Waals surface area (Å²) in [5.74, 6) is 2.31. The van der Waals surface area contributed by atoms with Gasteiger partial charge >= 0.3 is 0 Å². The number of carbonyl (C=O) groups is 1. The number of unbranched alkanes of at least 4 members (excludes halogenated alkanes) is 2. The van der Waals surface area contributed by atoms with Crippen LogP contribution in [0.15, 0.2) is 57.6 Å². The second-order valence-electron chi connectivity index (χ2n) is 7.17. The molecular formula is C23H25N5O3S2. The van der Waals surface area contributed by atoms with Crippen LogP contribution < -0.4 is 10.1 Å². The van der Waals surface area contributed by atoms with Crippen molar-refractivity contribution in [3.63, 3.8) is 0 Å². The van der Waals surface area contributed by atoms with Gasteiger partial charge in [0.1, 0.15) is 16.5 Å². The first-order valence-corrected chi connectivity index (χ1v) is 12.6. The summed E-state index contributed by atoms with van der Waals surface area (Å²) in [5.41, 5.74) is 1.26. The molecular weight excluding hydrogens is 458 g/mol. The third-order valence-corrected chi connectivity index (χ3v) is 6.85. The van der Waals surface area contributed by atoms with Gasteiger partial charge in [0.2, 0.25) is 5.82 Å². The largest absolute Gasteiger partial charge is 0.495 e. The molecule has 0 atom stereocenters. The van der Waals surface area contributed by atoms with E-state index in [0.29, 0.717) is 40.5 Å². The number of hydrogen-bond acceptors (Lipinski definition) is 8. The zero-order chi connectivity index (χ0) is 23.0. The number of furan rings is 1. The lowest BCUT2D eigenvalue weighted by Gasteiger charge is -2.12. The fourth-order valence-electron chi connectivity index (χ4n) is 3.24. The topological polar surface area (TPSA) is 95.1 Å². The van der Waals surface area contributed by atoms with Crippen molar-refractivity contribution >= 4 is 29.0 Å². The number of rotatable bonds is 11. The summed E-state index contributed by atoms with van der Waals surface area (Å²) in [6, 6.07) is 11.3. The van der Waals surface area contributed by atoms with Crippen molar-refractivity contribution in [3.8, 4) is 23.0 Å². The maximum absolute atomic E-state index is 12.3. The summed E-state index contributed by atoms with van der Waals surface area (Å²) in [7, 11) is 1.63. The number of thiazole rings is 1. The molecule has 0 saturated heterocycles. The highest BCUT2D eigenvalue weighted by atomic mass is 32.2. The molecule has 10 heteroatoms. The van der Waals surface area contributed by atoms with Gasteiger partial charge in [0.05, 0.1) is 24.8 Å². The molecule has 4 rings (SSSR count). The van der Waals surface area contributed by atoms with Gasteiger partial charge in [-0.15, -0.1) is 21.5 Å². The molecule has 0 spiro atoms. The van der Waals surface area contributed by atoms with Crippen molar-refractivity contribution in [1.29, 1.82) is 0 Å². The minimum atomic E-state index is -0.129. The maximum Gasteiger partial charge on any atom is 0.270 e. The molecule has 4 aromatic rings. The molecule has 3 aromatic heterocycles. The summed E-state index contributed by atoms with van der Waals surface area (Å²) in [6.45, 7) is 2.81. The highest BCUT2D eigenvalue weighted by molar-refractivity contribution is 7.98. The van der Waals surface area contributed by atoms with E-state index in [1.54, 1.807) is 18.8 Å². The average Bonchev–Trinajstić information content (AvgIpc) is 3.60. The summed E-state index contributed by atoms with van der Waals surface area (Å²) >= 11 is 2.95. The summed E-state index contributed by atoms with van der Waals surface area (Å²) in [6.07, 6.45) is 4.81. The van der Waals surface area contributed by atoms with Crippen LogP contribution >= 0.6 is 23.1 Å². The number of carbonyl (C=O) groups excluding carboxylic acids is 1. The van der Waals surface area contributed by atoms with Gasteiger partial charge in [0.25, 0.3) is 5.91 Å². The second kappa shape index (κ2) is 11.2. The second-order valence-corrected chi connectivity index (χ2v) is 9.05. The van der Waals surface area contributed by atoms with Crippen LogP contribution in [0, 0.1) is 0 Å². The van der Waals surface area contributed by atoms with Crippen molar-refractivity contribution in [3.05, 3.63) is 58.7 Å². The van der Waals surface area contributed by atoms with Crippen LogP contribution in [-0.4, -0.2) is 39.3 Å². The third kappa shape index (κ3) is 5.45. The molecule has 0 bridgehead atoms. The van der Waals surface area contributed by atoms with Gasteiger partial charge in [-0.1, -0.05) is 43.7 Å². The lowest BCUT2D eigenvalue weighted by Crippen LogP contribution is -2.24. The van der Waals surface area contributed by atoms with Gasteiger partial charge < -0.3 is 14.5 Å². The van der Waals surface area contributed by atoms with E-state index >= 15 is 0 Å². The van der Waals surface area contributed by atoms with Crippen molar-refractivity contribution in [1.82, 2.24) is 25.1 Å². The molecule has 8 nitrogen and oxygen atoms in total. The average molecular weight is 484 g/mol. The predicted octanol–water partition coefficient (Wildman–Crippen LogP) is 5.20. The van der Waals surface area contributed by atoms with Crippen LogP contribution in [0.1, 0.15) is 41.7 Å². The van der Waals surface area contributed by atoms with Crippen LogP contribution in [0.4, 0.5) is 0 Å². The zero-order valence-corrected chi connectivity index (χ0v) is 20.1. The molecule has 1 amide bonds. The number of ether oxygens (including phenoxy) is 1. The highest BCUT2D eigenvalue weighted by Gasteiger charge is 2.21. The quantitative estimate of drug-likeness (QED) is 0.231. The van der Waals surface area contributed by atoms with Gasteiger partial charge in [-0.3, -0.25) is 9.36 Å². The number of aromatic nitrogens is 4. The summed E-state index contributed by atoms with van der Waals surface area (Å²) < 4.78 is 13.1. The molecule has 33 heavy (non-hydrogen) atoms. The lowest BCUT2D eigenvalue weighted by molar-refractivity contribution is 0.0948. The Hall–Kier alpha value is -3.11. The molecule has 0 fully saturated rings. The SMILES string of the molecule is CCCCCNC(=O)c1csc(CSc2nnc(-c3ccco3)n2-c2ccccc2OC)n1. The van der Waals surface area contributed by atoms with E-state index < -0.39 is 0 Å². The minimum Gasteiger partial charge on any atom is -0.495 e. The molecule has 0 saturated carbocycles. The Bertz CT molecular complexity index is 1190. The third-order valence-electron chi connectivity index (χ3n) is 4.88. The van der Waals surface area contributed by atoms with Gasteiger partial charge in [0, 0.05) is 11.9 Å². The van der Waals surface area contributed by atoms with Crippen molar-refractivity contribution in [2.45, 2.75) is 37.1 Å². The molecule has 1 aromatic carbocycles. The number of benzene rings is 1. The molecule has 0 radical (unpaired) electrons. The zero-order valence-electron chi connectivity index (χ0n) is 18.5. The molecule has 0 aliphatic heterocycles. The summed E-state index contributed by atoms with van der Waals surface area (Å²) in [5, 5.41) is 15.0. The van der Waals surface area contributed by atoms with Gasteiger partial charge in [-0.2, -0.15) is 0 Å². The molecule has 172 valence electrons. The summed E-state index contributed by atoms with van der Waals surface area (Å²) in [4.78, 5) is 16.8. The number of nitrogens with one attached hydrogen (secondary N) is 1. The monoisotopic (exact) mass is 483 g/mol. The van der Waals surface area contributed by atoms with Crippen LogP contribution in [-0.2, 0) is 5.75 Å². The maximum atomic E-state index is 12.3. The lowest BCUT2D eigenvalue weighted by atomic mass is 10.2. The predicted molar refractivity (Wildman–Crippen MR) is 129 cm³/mol. The highest BCUT2D eigenvalue weighted by Crippen LogP contribution is 2.34. The van der Waals surface area contributed by atoms with E-state index in [-0.39, 0.29) is 5.91 Å². The van der Waals surface area contributed by atoms with E-state index in [9.17, 15) is 4.79 Å². The van der Waals surface area contributed by atoms with E-state index in [4.69, 9.17) is 9.15 Å². The van der Waals surface area contributed by atoms with Crippen molar-refractivity contribution in [2.75, 3.05) is 13.7 Å². The number of hydrogen-bond donors (Lipinski definition) is 1.